The second-order valence-electron chi connectivity index (χ2n) is 6.19. The normalized spacial score (nSPS) is 10.0. The highest BCUT2D eigenvalue weighted by molar-refractivity contribution is 5.83. The SMILES string of the molecule is COc1ccc(CNC(=O)CNC(=O)NCc2cc(OC)c(OC)c(OC)c2)cc1. The Bertz CT molecular complexity index is 829. The lowest BCUT2D eigenvalue weighted by molar-refractivity contribution is -0.120. The molecule has 3 N–H and O–H groups in total. The van der Waals surface area contributed by atoms with E-state index in [4.69, 9.17) is 18.9 Å². The van der Waals surface area contributed by atoms with Gasteiger partial charge in [-0.3, -0.25) is 4.79 Å². The largest absolute Gasteiger partial charge is 0.497 e. The molecule has 2 aromatic carbocycles. The average molecular weight is 417 g/mol. The van der Waals surface area contributed by atoms with Crippen LogP contribution in [0.5, 0.6) is 23.0 Å². The van der Waals surface area contributed by atoms with Gasteiger partial charge in [0.1, 0.15) is 5.75 Å². The fourth-order valence-corrected chi connectivity index (χ4v) is 2.65. The number of amides is 3. The highest BCUT2D eigenvalue weighted by atomic mass is 16.5. The molecule has 0 saturated heterocycles. The Hall–Kier alpha value is -3.62. The Labute approximate surface area is 175 Å². The fourth-order valence-electron chi connectivity index (χ4n) is 2.65. The predicted molar refractivity (Wildman–Crippen MR) is 111 cm³/mol. The van der Waals surface area contributed by atoms with Crippen molar-refractivity contribution in [3.8, 4) is 23.0 Å². The van der Waals surface area contributed by atoms with E-state index in [2.05, 4.69) is 16.0 Å². The second kappa shape index (κ2) is 11.4. The van der Waals surface area contributed by atoms with E-state index < -0.39 is 6.03 Å². The molecule has 0 aliphatic rings. The van der Waals surface area contributed by atoms with Crippen LogP contribution >= 0.6 is 0 Å². The van der Waals surface area contributed by atoms with E-state index in [1.165, 1.54) is 21.3 Å². The number of rotatable bonds is 10. The minimum absolute atomic E-state index is 0.142. The minimum Gasteiger partial charge on any atom is -0.497 e. The standard InChI is InChI=1S/C21H27N3O6/c1-27-16-7-5-14(6-8-16)11-22-19(25)13-24-21(26)23-12-15-9-17(28-2)20(30-4)18(10-15)29-3/h5-10H,11-13H2,1-4H3,(H,22,25)(H2,23,24,26). The van der Waals surface area contributed by atoms with Gasteiger partial charge in [0.2, 0.25) is 11.7 Å². The van der Waals surface area contributed by atoms with Crippen molar-refractivity contribution in [2.75, 3.05) is 35.0 Å². The number of benzene rings is 2. The van der Waals surface area contributed by atoms with Crippen molar-refractivity contribution in [3.05, 3.63) is 47.5 Å². The van der Waals surface area contributed by atoms with Crippen molar-refractivity contribution in [1.82, 2.24) is 16.0 Å². The third-order valence-corrected chi connectivity index (χ3v) is 4.24. The van der Waals surface area contributed by atoms with Gasteiger partial charge in [0.25, 0.3) is 0 Å². The van der Waals surface area contributed by atoms with Crippen LogP contribution in [0.4, 0.5) is 4.79 Å². The smallest absolute Gasteiger partial charge is 0.315 e. The van der Waals surface area contributed by atoms with Crippen molar-refractivity contribution in [1.29, 1.82) is 0 Å². The molecule has 0 atom stereocenters. The molecule has 0 spiro atoms. The van der Waals surface area contributed by atoms with Crippen LogP contribution in [0, 0.1) is 0 Å². The Morgan fingerprint density at radius 3 is 1.87 bits per heavy atom. The van der Waals surface area contributed by atoms with Crippen LogP contribution in [0.1, 0.15) is 11.1 Å². The number of methoxy groups -OCH3 is 4. The molecule has 0 unspecified atom stereocenters. The van der Waals surface area contributed by atoms with Crippen molar-refractivity contribution < 1.29 is 28.5 Å². The molecule has 0 saturated carbocycles. The van der Waals surface area contributed by atoms with Gasteiger partial charge in [-0.25, -0.2) is 4.79 Å². The van der Waals surface area contributed by atoms with Crippen LogP contribution in [0.25, 0.3) is 0 Å². The molecule has 2 aromatic rings. The van der Waals surface area contributed by atoms with Crippen LogP contribution < -0.4 is 34.9 Å². The molecule has 9 heteroatoms. The molecule has 2 rings (SSSR count). The van der Waals surface area contributed by atoms with Crippen LogP contribution in [-0.4, -0.2) is 46.9 Å². The summed E-state index contributed by atoms with van der Waals surface area (Å²) in [7, 11) is 6.15. The molecule has 3 amide bonds. The second-order valence-corrected chi connectivity index (χ2v) is 6.19. The molecule has 0 bridgehead atoms. The maximum absolute atomic E-state index is 12.0. The van der Waals surface area contributed by atoms with Crippen molar-refractivity contribution in [3.63, 3.8) is 0 Å². The van der Waals surface area contributed by atoms with Gasteiger partial charge in [-0.15, -0.1) is 0 Å². The lowest BCUT2D eigenvalue weighted by Crippen LogP contribution is -2.41. The molecule has 162 valence electrons. The number of nitrogens with one attached hydrogen (secondary N) is 3. The summed E-state index contributed by atoms with van der Waals surface area (Å²) in [5.41, 5.74) is 1.68. The fraction of sp³-hybridized carbons (Fsp3) is 0.333. The number of hydrogen-bond acceptors (Lipinski definition) is 6. The summed E-state index contributed by atoms with van der Waals surface area (Å²) in [6.07, 6.45) is 0. The maximum Gasteiger partial charge on any atom is 0.315 e. The molecule has 9 nitrogen and oxygen atoms in total. The Morgan fingerprint density at radius 1 is 0.733 bits per heavy atom. The molecule has 30 heavy (non-hydrogen) atoms. The molecule has 0 fully saturated rings. The summed E-state index contributed by atoms with van der Waals surface area (Å²) < 4.78 is 20.9. The number of carbonyl (C=O) groups is 2. The third kappa shape index (κ3) is 6.47. The monoisotopic (exact) mass is 417 g/mol. The van der Waals surface area contributed by atoms with E-state index in [-0.39, 0.29) is 19.0 Å². The van der Waals surface area contributed by atoms with Crippen LogP contribution in [-0.2, 0) is 17.9 Å². The van der Waals surface area contributed by atoms with Gasteiger partial charge in [0, 0.05) is 13.1 Å². The maximum atomic E-state index is 12.0. The van der Waals surface area contributed by atoms with E-state index in [0.717, 1.165) is 16.9 Å². The quantitative estimate of drug-likeness (QED) is 0.545. The van der Waals surface area contributed by atoms with Gasteiger partial charge in [-0.2, -0.15) is 0 Å². The van der Waals surface area contributed by atoms with Crippen molar-refractivity contribution in [2.24, 2.45) is 0 Å². The Balaban J connectivity index is 1.78. The molecule has 0 radical (unpaired) electrons. The van der Waals surface area contributed by atoms with E-state index in [0.29, 0.717) is 23.8 Å². The number of urea groups is 1. The van der Waals surface area contributed by atoms with Crippen LogP contribution in [0.15, 0.2) is 36.4 Å². The van der Waals surface area contributed by atoms with E-state index in [1.54, 1.807) is 19.2 Å². The van der Waals surface area contributed by atoms with Crippen molar-refractivity contribution in [2.45, 2.75) is 13.1 Å². The zero-order chi connectivity index (χ0) is 21.9. The average Bonchev–Trinajstić information content (AvgIpc) is 2.79. The van der Waals surface area contributed by atoms with Gasteiger partial charge in [-0.05, 0) is 35.4 Å². The highest BCUT2D eigenvalue weighted by Gasteiger charge is 2.13. The van der Waals surface area contributed by atoms with Crippen molar-refractivity contribution >= 4 is 11.9 Å². The Morgan fingerprint density at radius 2 is 1.33 bits per heavy atom. The van der Waals surface area contributed by atoms with Gasteiger partial charge >= 0.3 is 6.03 Å². The predicted octanol–water partition coefficient (Wildman–Crippen LogP) is 1.84. The first-order valence-corrected chi connectivity index (χ1v) is 9.21. The van der Waals surface area contributed by atoms with Gasteiger partial charge < -0.3 is 34.9 Å². The number of carbonyl (C=O) groups excluding carboxylic acids is 2. The lowest BCUT2D eigenvalue weighted by Gasteiger charge is -2.14. The van der Waals surface area contributed by atoms with Crippen LogP contribution in [0.2, 0.25) is 0 Å². The van der Waals surface area contributed by atoms with Crippen LogP contribution in [0.3, 0.4) is 0 Å². The molecule has 0 heterocycles. The van der Waals surface area contributed by atoms with Gasteiger partial charge in [0.15, 0.2) is 11.5 Å². The zero-order valence-electron chi connectivity index (χ0n) is 17.5. The van der Waals surface area contributed by atoms with Gasteiger partial charge in [0.05, 0.1) is 35.0 Å². The minimum atomic E-state index is -0.469. The Kier molecular flexibility index (Phi) is 8.61. The first-order valence-electron chi connectivity index (χ1n) is 9.21. The lowest BCUT2D eigenvalue weighted by atomic mass is 10.2. The third-order valence-electron chi connectivity index (χ3n) is 4.24. The first kappa shape index (κ1) is 22.7. The summed E-state index contributed by atoms with van der Waals surface area (Å²) in [4.78, 5) is 23.9. The first-order chi connectivity index (χ1) is 14.5. The van der Waals surface area contributed by atoms with Gasteiger partial charge in [-0.1, -0.05) is 12.1 Å². The molecular formula is C21H27N3O6. The molecule has 0 aliphatic carbocycles. The van der Waals surface area contributed by atoms with E-state index in [9.17, 15) is 9.59 Å². The highest BCUT2D eigenvalue weighted by Crippen LogP contribution is 2.38. The summed E-state index contributed by atoms with van der Waals surface area (Å²) in [5, 5.41) is 7.94. The molecule has 0 aromatic heterocycles. The number of ether oxygens (including phenoxy) is 4. The zero-order valence-corrected chi connectivity index (χ0v) is 17.5. The molecular weight excluding hydrogens is 390 g/mol. The summed E-state index contributed by atoms with van der Waals surface area (Å²) in [6.45, 7) is 0.435. The topological polar surface area (TPSA) is 107 Å². The van der Waals surface area contributed by atoms with E-state index >= 15 is 0 Å². The molecule has 0 aliphatic heterocycles. The summed E-state index contributed by atoms with van der Waals surface area (Å²) in [6, 6.07) is 10.4. The summed E-state index contributed by atoms with van der Waals surface area (Å²) in [5.74, 6) is 1.91. The number of hydrogen-bond donors (Lipinski definition) is 3. The summed E-state index contributed by atoms with van der Waals surface area (Å²) >= 11 is 0. The van der Waals surface area contributed by atoms with E-state index in [1.807, 2.05) is 24.3 Å².